The molecule has 0 atom stereocenters. The minimum Gasteiger partial charge on any atom is -0.456 e. The van der Waals surface area contributed by atoms with E-state index in [9.17, 15) is 0 Å². The van der Waals surface area contributed by atoms with Gasteiger partial charge < -0.3 is 4.42 Å². The highest BCUT2D eigenvalue weighted by Crippen LogP contribution is 2.31. The zero-order valence-corrected chi connectivity index (χ0v) is 15.1. The van der Waals surface area contributed by atoms with Gasteiger partial charge in [0.25, 0.3) is 0 Å². The Morgan fingerprint density at radius 2 is 1.31 bits per heavy atom. The Labute approximate surface area is 157 Å². The summed E-state index contributed by atoms with van der Waals surface area (Å²) in [6.07, 6.45) is 0. The van der Waals surface area contributed by atoms with Gasteiger partial charge in [-0.15, -0.1) is 0 Å². The SMILES string of the molecule is Brc1nc(-c2ccccc2)nc(-c2ccc3c(c2)oc2ccccc23)n1. The van der Waals surface area contributed by atoms with E-state index in [2.05, 4.69) is 43.0 Å². The van der Waals surface area contributed by atoms with Gasteiger partial charge in [-0.05, 0) is 34.1 Å². The van der Waals surface area contributed by atoms with Crippen molar-refractivity contribution >= 4 is 37.9 Å². The van der Waals surface area contributed by atoms with Crippen LogP contribution in [0, 0.1) is 0 Å². The number of fused-ring (bicyclic) bond motifs is 3. The van der Waals surface area contributed by atoms with E-state index in [-0.39, 0.29) is 0 Å². The van der Waals surface area contributed by atoms with Crippen LogP contribution in [-0.2, 0) is 0 Å². The summed E-state index contributed by atoms with van der Waals surface area (Å²) < 4.78 is 6.48. The lowest BCUT2D eigenvalue weighted by Gasteiger charge is -2.05. The van der Waals surface area contributed by atoms with Crippen molar-refractivity contribution in [2.24, 2.45) is 0 Å². The molecule has 0 fully saturated rings. The number of hydrogen-bond donors (Lipinski definition) is 0. The fraction of sp³-hybridized carbons (Fsp3) is 0. The van der Waals surface area contributed by atoms with E-state index in [0.717, 1.165) is 33.1 Å². The van der Waals surface area contributed by atoms with Gasteiger partial charge in [-0.2, -0.15) is 0 Å². The first-order valence-corrected chi connectivity index (χ1v) is 8.96. The minimum atomic E-state index is 0.506. The highest BCUT2D eigenvalue weighted by atomic mass is 79.9. The number of furan rings is 1. The van der Waals surface area contributed by atoms with Crippen LogP contribution >= 0.6 is 15.9 Å². The molecule has 2 aromatic heterocycles. The predicted molar refractivity (Wildman–Crippen MR) is 106 cm³/mol. The summed E-state index contributed by atoms with van der Waals surface area (Å²) in [5.74, 6) is 1.24. The number of aromatic nitrogens is 3. The summed E-state index contributed by atoms with van der Waals surface area (Å²) in [7, 11) is 0. The Morgan fingerprint density at radius 3 is 2.15 bits per heavy atom. The van der Waals surface area contributed by atoms with Gasteiger partial charge in [0, 0.05) is 21.9 Å². The molecule has 5 aromatic rings. The average Bonchev–Trinajstić information content (AvgIpc) is 3.06. The van der Waals surface area contributed by atoms with Crippen LogP contribution in [0.3, 0.4) is 0 Å². The first-order valence-electron chi connectivity index (χ1n) is 8.16. The number of rotatable bonds is 2. The number of benzene rings is 3. The van der Waals surface area contributed by atoms with E-state index in [1.165, 1.54) is 0 Å². The fourth-order valence-corrected chi connectivity index (χ4v) is 3.40. The molecule has 0 amide bonds. The monoisotopic (exact) mass is 401 g/mol. The third kappa shape index (κ3) is 2.57. The molecule has 0 saturated carbocycles. The molecular weight excluding hydrogens is 390 g/mol. The summed E-state index contributed by atoms with van der Waals surface area (Å²) in [6, 6.07) is 23.9. The Hall–Kier alpha value is -3.05. The van der Waals surface area contributed by atoms with Crippen molar-refractivity contribution < 1.29 is 4.42 Å². The van der Waals surface area contributed by atoms with E-state index in [4.69, 9.17) is 4.42 Å². The maximum absolute atomic E-state index is 5.98. The summed E-state index contributed by atoms with van der Waals surface area (Å²) in [5.41, 5.74) is 3.53. The Bertz CT molecular complexity index is 1250. The van der Waals surface area contributed by atoms with Crippen LogP contribution < -0.4 is 0 Å². The van der Waals surface area contributed by atoms with Crippen LogP contribution in [0.5, 0.6) is 0 Å². The zero-order chi connectivity index (χ0) is 17.5. The second kappa shape index (κ2) is 6.04. The lowest BCUT2D eigenvalue weighted by atomic mass is 10.1. The van der Waals surface area contributed by atoms with Crippen LogP contribution in [0.25, 0.3) is 44.7 Å². The molecule has 0 N–H and O–H groups in total. The molecule has 0 radical (unpaired) electrons. The van der Waals surface area contributed by atoms with Crippen LogP contribution in [0.1, 0.15) is 0 Å². The average molecular weight is 402 g/mol. The molecule has 0 spiro atoms. The molecule has 0 aliphatic heterocycles. The summed E-state index contributed by atoms with van der Waals surface area (Å²) in [6.45, 7) is 0. The van der Waals surface area contributed by atoms with Crippen LogP contribution in [0.2, 0.25) is 0 Å². The largest absolute Gasteiger partial charge is 0.456 e. The normalized spacial score (nSPS) is 11.3. The Balaban J connectivity index is 1.67. The van der Waals surface area contributed by atoms with Crippen molar-refractivity contribution in [3.05, 3.63) is 77.5 Å². The van der Waals surface area contributed by atoms with Crippen molar-refractivity contribution in [1.29, 1.82) is 0 Å². The van der Waals surface area contributed by atoms with Gasteiger partial charge in [0.15, 0.2) is 11.6 Å². The lowest BCUT2D eigenvalue weighted by molar-refractivity contribution is 0.669. The molecule has 5 rings (SSSR count). The first kappa shape index (κ1) is 15.2. The van der Waals surface area contributed by atoms with Crippen molar-refractivity contribution in [3.63, 3.8) is 0 Å². The molecule has 5 heteroatoms. The standard InChI is InChI=1S/C21H12BrN3O/c22-21-24-19(13-6-2-1-3-7-13)23-20(25-21)14-10-11-16-15-8-4-5-9-17(15)26-18(16)12-14/h1-12H. The predicted octanol–water partition coefficient (Wildman–Crippen LogP) is 5.87. The summed E-state index contributed by atoms with van der Waals surface area (Å²) >= 11 is 3.40. The second-order valence-electron chi connectivity index (χ2n) is 5.93. The van der Waals surface area contributed by atoms with E-state index < -0.39 is 0 Å². The van der Waals surface area contributed by atoms with Crippen LogP contribution in [-0.4, -0.2) is 15.0 Å². The Kier molecular flexibility index (Phi) is 3.53. The molecule has 4 nitrogen and oxygen atoms in total. The number of para-hydroxylation sites is 1. The van der Waals surface area contributed by atoms with Crippen molar-refractivity contribution in [2.45, 2.75) is 0 Å². The maximum atomic E-state index is 5.98. The van der Waals surface area contributed by atoms with Gasteiger partial charge in [-0.25, -0.2) is 15.0 Å². The van der Waals surface area contributed by atoms with Crippen molar-refractivity contribution in [2.75, 3.05) is 0 Å². The van der Waals surface area contributed by atoms with Gasteiger partial charge in [-0.1, -0.05) is 54.6 Å². The third-order valence-corrected chi connectivity index (χ3v) is 4.63. The smallest absolute Gasteiger partial charge is 0.200 e. The van der Waals surface area contributed by atoms with Gasteiger partial charge in [-0.3, -0.25) is 0 Å². The van der Waals surface area contributed by atoms with Gasteiger partial charge in [0.05, 0.1) is 0 Å². The third-order valence-electron chi connectivity index (χ3n) is 4.28. The molecule has 0 aliphatic carbocycles. The topological polar surface area (TPSA) is 51.8 Å². The zero-order valence-electron chi connectivity index (χ0n) is 13.6. The maximum Gasteiger partial charge on any atom is 0.200 e. The number of hydrogen-bond acceptors (Lipinski definition) is 4. The first-order chi connectivity index (χ1) is 12.8. The van der Waals surface area contributed by atoms with E-state index in [1.807, 2.05) is 60.7 Å². The molecular formula is C21H12BrN3O. The summed E-state index contributed by atoms with van der Waals surface area (Å²) in [4.78, 5) is 13.5. The molecule has 3 aromatic carbocycles. The quantitative estimate of drug-likeness (QED) is 0.371. The lowest BCUT2D eigenvalue weighted by Crippen LogP contribution is -1.97. The molecule has 0 saturated heterocycles. The Morgan fingerprint density at radius 1 is 0.615 bits per heavy atom. The molecule has 124 valence electrons. The number of nitrogens with zero attached hydrogens (tertiary/aromatic N) is 3. The molecule has 0 bridgehead atoms. The van der Waals surface area contributed by atoms with Crippen molar-refractivity contribution in [3.8, 4) is 22.8 Å². The van der Waals surface area contributed by atoms with Crippen molar-refractivity contribution in [1.82, 2.24) is 15.0 Å². The van der Waals surface area contributed by atoms with Crippen LogP contribution in [0.4, 0.5) is 0 Å². The highest BCUT2D eigenvalue weighted by molar-refractivity contribution is 9.10. The minimum absolute atomic E-state index is 0.506. The molecule has 2 heterocycles. The molecule has 0 aliphatic rings. The number of halogens is 1. The van der Waals surface area contributed by atoms with Gasteiger partial charge in [0.1, 0.15) is 11.2 Å². The van der Waals surface area contributed by atoms with E-state index >= 15 is 0 Å². The fourth-order valence-electron chi connectivity index (χ4n) is 3.06. The molecule has 26 heavy (non-hydrogen) atoms. The van der Waals surface area contributed by atoms with Crippen LogP contribution in [0.15, 0.2) is 81.9 Å². The summed E-state index contributed by atoms with van der Waals surface area (Å²) in [5, 5.41) is 2.19. The van der Waals surface area contributed by atoms with Gasteiger partial charge in [0.2, 0.25) is 4.73 Å². The van der Waals surface area contributed by atoms with E-state index in [1.54, 1.807) is 0 Å². The highest BCUT2D eigenvalue weighted by Gasteiger charge is 2.12. The van der Waals surface area contributed by atoms with Gasteiger partial charge >= 0.3 is 0 Å². The second-order valence-corrected chi connectivity index (χ2v) is 6.64. The van der Waals surface area contributed by atoms with E-state index in [0.29, 0.717) is 16.4 Å². The molecule has 0 unspecified atom stereocenters.